The van der Waals surface area contributed by atoms with Gasteiger partial charge >= 0.3 is 35.3 Å². The Bertz CT molecular complexity index is 835. The molecule has 0 saturated heterocycles. The lowest BCUT2D eigenvalue weighted by Crippen LogP contribution is -2.62. The summed E-state index contributed by atoms with van der Waals surface area (Å²) in [5.74, 6) is -11.6. The first kappa shape index (κ1) is 28.7. The van der Waals surface area contributed by atoms with Crippen molar-refractivity contribution >= 4 is 27.8 Å². The molecule has 180 valence electrons. The average molecular weight is 494 g/mol. The maximum Gasteiger partial charge on any atom is 0.466 e. The maximum absolute atomic E-state index is 13.5. The number of hydrogen-bond donors (Lipinski definition) is 1. The number of ketones is 1. The van der Waals surface area contributed by atoms with Crippen molar-refractivity contribution in [3.63, 3.8) is 0 Å². The Labute approximate surface area is 168 Å². The second-order valence-corrected chi connectivity index (χ2v) is 7.06. The third-order valence-electron chi connectivity index (χ3n) is 3.06. The van der Waals surface area contributed by atoms with Crippen LogP contribution in [0.3, 0.4) is 0 Å². The summed E-state index contributed by atoms with van der Waals surface area (Å²) in [5, 5.41) is -4.02. The molecule has 18 heteroatoms. The molecule has 0 aromatic rings. The number of halogens is 8. The number of amides is 1. The minimum Gasteiger partial charge on any atom is -0.743 e. The van der Waals surface area contributed by atoms with Crippen molar-refractivity contribution < 1.29 is 72.0 Å². The molecule has 0 aliphatic heterocycles. The average Bonchev–Trinajstić information content (AvgIpc) is 2.54. The molecule has 1 atom stereocenters. The van der Waals surface area contributed by atoms with Crippen LogP contribution < -0.4 is 5.32 Å². The van der Waals surface area contributed by atoms with Gasteiger partial charge in [-0.1, -0.05) is 6.58 Å². The maximum atomic E-state index is 13.5. The van der Waals surface area contributed by atoms with Gasteiger partial charge in [-0.15, -0.1) is 0 Å². The molecular formula is C13H12F8NO8S-. The summed E-state index contributed by atoms with van der Waals surface area (Å²) >= 11 is 0. The van der Waals surface area contributed by atoms with Crippen molar-refractivity contribution in [1.29, 1.82) is 0 Å². The molecule has 1 amide bonds. The lowest BCUT2D eigenvalue weighted by molar-refractivity contribution is -0.348. The van der Waals surface area contributed by atoms with Gasteiger partial charge in [0.25, 0.3) is 0 Å². The molecule has 0 aliphatic carbocycles. The standard InChI is InChI=1S/C13H13F8NO8S/c1-6(23)5-22-9(25)11(13(19,20)21,30-8(24)7(2)12(16,17)18)29-4-3-10(14,15)31(26,27)28/h2-5H2,1H3,(H,22,25)(H,26,27,28)/p-1. The lowest BCUT2D eigenvalue weighted by atomic mass is 10.2. The molecular weight excluding hydrogens is 482 g/mol. The van der Waals surface area contributed by atoms with Gasteiger partial charge in [0.05, 0.1) is 13.2 Å². The summed E-state index contributed by atoms with van der Waals surface area (Å²) in [7, 11) is -6.41. The Kier molecular flexibility index (Phi) is 8.72. The molecule has 0 fully saturated rings. The van der Waals surface area contributed by atoms with E-state index in [0.29, 0.717) is 0 Å². The van der Waals surface area contributed by atoms with Crippen molar-refractivity contribution in [3.8, 4) is 0 Å². The largest absolute Gasteiger partial charge is 0.743 e. The first-order chi connectivity index (χ1) is 13.6. The van der Waals surface area contributed by atoms with Gasteiger partial charge in [0, 0.05) is 6.42 Å². The van der Waals surface area contributed by atoms with Crippen LogP contribution in [-0.2, 0) is 34.0 Å². The van der Waals surface area contributed by atoms with Gasteiger partial charge in [-0.25, -0.2) is 13.2 Å². The number of nitrogens with one attached hydrogen (secondary N) is 1. The second-order valence-electron chi connectivity index (χ2n) is 5.55. The number of carbonyl (C=O) groups excluding carboxylic acids is 3. The Morgan fingerprint density at radius 2 is 1.52 bits per heavy atom. The minimum absolute atomic E-state index is 0.744. The van der Waals surface area contributed by atoms with Gasteiger partial charge in [0.15, 0.2) is 10.1 Å². The van der Waals surface area contributed by atoms with Gasteiger partial charge in [-0.2, -0.15) is 35.1 Å². The smallest absolute Gasteiger partial charge is 0.466 e. The molecule has 31 heavy (non-hydrogen) atoms. The summed E-state index contributed by atoms with van der Waals surface area (Å²) in [5.41, 5.74) is -2.56. The van der Waals surface area contributed by atoms with E-state index in [1.165, 1.54) is 5.32 Å². The first-order valence-corrected chi connectivity index (χ1v) is 8.80. The van der Waals surface area contributed by atoms with E-state index in [9.17, 15) is 62.5 Å². The third kappa shape index (κ3) is 7.39. The molecule has 0 radical (unpaired) electrons. The monoisotopic (exact) mass is 494 g/mol. The van der Waals surface area contributed by atoms with E-state index >= 15 is 0 Å². The summed E-state index contributed by atoms with van der Waals surface area (Å²) in [4.78, 5) is 34.2. The Hall–Kier alpha value is -2.34. The molecule has 9 nitrogen and oxygen atoms in total. The zero-order valence-corrected chi connectivity index (χ0v) is 15.8. The van der Waals surface area contributed by atoms with Crippen LogP contribution in [0.15, 0.2) is 12.2 Å². The number of carbonyl (C=O) groups is 3. The lowest BCUT2D eigenvalue weighted by Gasteiger charge is -2.33. The predicted octanol–water partition coefficient (Wildman–Crippen LogP) is 1.16. The van der Waals surface area contributed by atoms with Crippen molar-refractivity contribution in [2.24, 2.45) is 0 Å². The molecule has 0 saturated carbocycles. The molecule has 0 aliphatic rings. The number of esters is 1. The molecule has 1 unspecified atom stereocenters. The SMILES string of the molecule is C=C(C(=O)OC(OCCC(F)(F)S(=O)(=O)[O-])(C(=O)NCC(C)=O)C(F)(F)F)C(F)(F)F. The molecule has 0 rings (SSSR count). The van der Waals surface area contributed by atoms with E-state index < -0.39 is 76.3 Å². The van der Waals surface area contributed by atoms with E-state index in [4.69, 9.17) is 0 Å². The molecule has 0 aromatic heterocycles. The summed E-state index contributed by atoms with van der Waals surface area (Å²) in [6, 6.07) is 0. The molecule has 0 heterocycles. The van der Waals surface area contributed by atoms with Crippen LogP contribution in [0.1, 0.15) is 13.3 Å². The van der Waals surface area contributed by atoms with E-state index in [0.717, 1.165) is 6.92 Å². The van der Waals surface area contributed by atoms with E-state index in [1.807, 2.05) is 0 Å². The Morgan fingerprint density at radius 1 is 1.03 bits per heavy atom. The summed E-state index contributed by atoms with van der Waals surface area (Å²) in [6.45, 7) is -0.451. The molecule has 0 spiro atoms. The van der Waals surface area contributed by atoms with Gasteiger partial charge in [0.1, 0.15) is 11.4 Å². The minimum atomic E-state index is -6.41. The summed E-state index contributed by atoms with van der Waals surface area (Å²) < 4.78 is 143. The normalized spacial score (nSPS) is 15.0. The number of rotatable bonds is 10. The van der Waals surface area contributed by atoms with Crippen LogP contribution in [0.2, 0.25) is 0 Å². The van der Waals surface area contributed by atoms with Crippen molar-refractivity contribution in [1.82, 2.24) is 5.32 Å². The van der Waals surface area contributed by atoms with Crippen LogP contribution in [0.5, 0.6) is 0 Å². The highest BCUT2D eigenvalue weighted by molar-refractivity contribution is 7.86. The zero-order valence-electron chi connectivity index (χ0n) is 15.0. The fourth-order valence-electron chi connectivity index (χ4n) is 1.48. The van der Waals surface area contributed by atoms with Crippen molar-refractivity contribution in [3.05, 3.63) is 12.2 Å². The Morgan fingerprint density at radius 3 is 1.87 bits per heavy atom. The number of hydrogen-bond acceptors (Lipinski definition) is 8. The second kappa shape index (κ2) is 9.43. The van der Waals surface area contributed by atoms with Crippen molar-refractivity contribution in [2.75, 3.05) is 13.2 Å². The van der Waals surface area contributed by atoms with Crippen LogP contribution in [0.25, 0.3) is 0 Å². The quantitative estimate of drug-likeness (QED) is 0.157. The van der Waals surface area contributed by atoms with Gasteiger partial charge in [-0.05, 0) is 6.92 Å². The van der Waals surface area contributed by atoms with Gasteiger partial charge < -0.3 is 19.3 Å². The fourth-order valence-corrected chi connectivity index (χ4v) is 1.81. The van der Waals surface area contributed by atoms with Crippen LogP contribution in [0.4, 0.5) is 35.1 Å². The van der Waals surface area contributed by atoms with E-state index in [1.54, 1.807) is 0 Å². The number of alkyl halides is 8. The third-order valence-corrected chi connectivity index (χ3v) is 3.99. The highest BCUT2D eigenvalue weighted by atomic mass is 32.2. The van der Waals surface area contributed by atoms with Gasteiger partial charge in [-0.3, -0.25) is 9.59 Å². The summed E-state index contributed by atoms with van der Waals surface area (Å²) in [6.07, 6.45) is -14.2. The fraction of sp³-hybridized carbons (Fsp3) is 0.615. The highest BCUT2D eigenvalue weighted by Gasteiger charge is 2.67. The number of Topliss-reactive ketones (excluding diaryl/α,β-unsaturated/α-hetero) is 1. The van der Waals surface area contributed by atoms with Crippen LogP contribution >= 0.6 is 0 Å². The van der Waals surface area contributed by atoms with Crippen molar-refractivity contribution in [2.45, 2.75) is 36.7 Å². The number of ether oxygens (including phenoxy) is 2. The van der Waals surface area contributed by atoms with E-state index in [2.05, 4.69) is 16.1 Å². The van der Waals surface area contributed by atoms with Gasteiger partial charge in [0.2, 0.25) is 0 Å². The predicted molar refractivity (Wildman–Crippen MR) is 79.0 cm³/mol. The first-order valence-electron chi connectivity index (χ1n) is 7.39. The molecule has 0 bridgehead atoms. The Balaban J connectivity index is 6.15. The van der Waals surface area contributed by atoms with E-state index in [-0.39, 0.29) is 0 Å². The van der Waals surface area contributed by atoms with Crippen LogP contribution in [-0.4, -0.2) is 67.2 Å². The molecule has 0 aromatic carbocycles. The highest BCUT2D eigenvalue weighted by Crippen LogP contribution is 2.38. The topological polar surface area (TPSA) is 139 Å². The zero-order chi connectivity index (χ0) is 25.1. The van der Waals surface area contributed by atoms with Crippen LogP contribution in [0, 0.1) is 0 Å². The molecule has 1 N–H and O–H groups in total.